The maximum absolute atomic E-state index is 12.6. The van der Waals surface area contributed by atoms with Gasteiger partial charge < -0.3 is 10.4 Å². The van der Waals surface area contributed by atoms with Crippen LogP contribution in [0.5, 0.6) is 0 Å². The zero-order valence-corrected chi connectivity index (χ0v) is 16.8. The predicted molar refractivity (Wildman–Crippen MR) is 108 cm³/mol. The van der Waals surface area contributed by atoms with Crippen LogP contribution in [-0.2, 0) is 17.6 Å². The van der Waals surface area contributed by atoms with Crippen molar-refractivity contribution in [3.05, 3.63) is 16.0 Å². The summed E-state index contributed by atoms with van der Waals surface area (Å²) in [6, 6.07) is 2.67. The van der Waals surface area contributed by atoms with Crippen molar-refractivity contribution in [1.82, 2.24) is 4.90 Å². The summed E-state index contributed by atoms with van der Waals surface area (Å²) in [6.45, 7) is 0.856. The highest BCUT2D eigenvalue weighted by atomic mass is 32.2. The normalized spacial score (nSPS) is 20.3. The van der Waals surface area contributed by atoms with Crippen LogP contribution in [0.15, 0.2) is 0 Å². The number of rotatable bonds is 6. The molecule has 3 rings (SSSR count). The first-order chi connectivity index (χ1) is 12.7. The number of thioether (sulfide) groups is 1. The molecule has 1 aliphatic heterocycles. The number of fused-ring (bicyclic) bond motifs is 1. The van der Waals surface area contributed by atoms with Gasteiger partial charge in [0.05, 0.1) is 18.7 Å². The van der Waals surface area contributed by atoms with E-state index in [1.807, 2.05) is 11.8 Å². The number of nitriles is 1. The highest BCUT2D eigenvalue weighted by Gasteiger charge is 2.25. The molecule has 2 heterocycles. The standard InChI is InChI=1S/C19H27N3O2S2/c20-11-16-15-6-2-1-3-7-17(15)26-19(16)21-18(24)12-22(8-9-23)14-5-4-10-25-13-14/h14,23H,1-10,12-13H2,(H,21,24). The SMILES string of the molecule is N#Cc1c(NC(=O)CN(CCO)C2CCCSC2)sc2c1CCCCC2. The molecule has 2 aliphatic rings. The molecule has 5 nitrogen and oxygen atoms in total. The zero-order valence-electron chi connectivity index (χ0n) is 15.1. The highest BCUT2D eigenvalue weighted by molar-refractivity contribution is 7.99. The molecule has 1 saturated heterocycles. The fraction of sp³-hybridized carbons (Fsp3) is 0.684. The van der Waals surface area contributed by atoms with E-state index in [1.54, 1.807) is 11.3 Å². The molecule has 1 aromatic rings. The summed E-state index contributed by atoms with van der Waals surface area (Å²) < 4.78 is 0. The molecule has 7 heteroatoms. The van der Waals surface area contributed by atoms with Crippen LogP contribution < -0.4 is 5.32 Å². The second-order valence-electron chi connectivity index (χ2n) is 6.99. The number of carbonyl (C=O) groups excluding carboxylic acids is 1. The Labute approximate surface area is 163 Å². The van der Waals surface area contributed by atoms with Crippen LogP contribution in [0.4, 0.5) is 5.00 Å². The summed E-state index contributed by atoms with van der Waals surface area (Å²) in [5.74, 6) is 2.12. The predicted octanol–water partition coefficient (Wildman–Crippen LogP) is 3.02. The number of aliphatic hydroxyl groups is 1. The quantitative estimate of drug-likeness (QED) is 0.727. The number of nitrogens with zero attached hydrogens (tertiary/aromatic N) is 2. The second-order valence-corrected chi connectivity index (χ2v) is 9.25. The van der Waals surface area contributed by atoms with Gasteiger partial charge in [-0.1, -0.05) is 6.42 Å². The van der Waals surface area contributed by atoms with E-state index in [4.69, 9.17) is 0 Å². The number of thiophene rings is 1. The summed E-state index contributed by atoms with van der Waals surface area (Å²) in [4.78, 5) is 16.0. The molecule has 0 bridgehead atoms. The molecule has 26 heavy (non-hydrogen) atoms. The Morgan fingerprint density at radius 1 is 1.31 bits per heavy atom. The Morgan fingerprint density at radius 2 is 2.15 bits per heavy atom. The fourth-order valence-corrected chi connectivity index (χ4v) is 6.27. The number of nitrogens with one attached hydrogen (secondary N) is 1. The maximum Gasteiger partial charge on any atom is 0.239 e. The summed E-state index contributed by atoms with van der Waals surface area (Å²) in [5, 5.41) is 22.7. The summed E-state index contributed by atoms with van der Waals surface area (Å²) in [5.41, 5.74) is 1.82. The second kappa shape index (κ2) is 9.75. The summed E-state index contributed by atoms with van der Waals surface area (Å²) >= 11 is 3.50. The van der Waals surface area contributed by atoms with Gasteiger partial charge in [0.2, 0.25) is 5.91 Å². The van der Waals surface area contributed by atoms with Gasteiger partial charge in [-0.25, -0.2) is 0 Å². The third kappa shape index (κ3) is 4.80. The van der Waals surface area contributed by atoms with Crippen LogP contribution >= 0.6 is 23.1 Å². The van der Waals surface area contributed by atoms with Crippen molar-refractivity contribution >= 4 is 34.0 Å². The van der Waals surface area contributed by atoms with Gasteiger partial charge in [0.25, 0.3) is 0 Å². The number of anilines is 1. The molecule has 0 radical (unpaired) electrons. The van der Waals surface area contributed by atoms with Crippen LogP contribution in [0.1, 0.15) is 48.1 Å². The minimum absolute atomic E-state index is 0.0607. The van der Waals surface area contributed by atoms with Crippen LogP contribution in [0, 0.1) is 11.3 Å². The molecule has 1 fully saturated rings. The molecular formula is C19H27N3O2S2. The van der Waals surface area contributed by atoms with Gasteiger partial charge in [0.1, 0.15) is 11.1 Å². The van der Waals surface area contributed by atoms with E-state index < -0.39 is 0 Å². The molecule has 0 aromatic carbocycles. The van der Waals surface area contributed by atoms with E-state index >= 15 is 0 Å². The number of hydrogen-bond donors (Lipinski definition) is 2. The van der Waals surface area contributed by atoms with Crippen molar-refractivity contribution < 1.29 is 9.90 Å². The van der Waals surface area contributed by atoms with Gasteiger partial charge in [-0.05, 0) is 49.8 Å². The van der Waals surface area contributed by atoms with E-state index in [1.165, 1.54) is 17.1 Å². The number of hydrogen-bond acceptors (Lipinski definition) is 6. The van der Waals surface area contributed by atoms with Crippen LogP contribution in [-0.4, -0.2) is 53.2 Å². The van der Waals surface area contributed by atoms with Gasteiger partial charge in [0, 0.05) is 23.2 Å². The Morgan fingerprint density at radius 3 is 2.88 bits per heavy atom. The number of amides is 1. The molecule has 1 atom stereocenters. The molecule has 142 valence electrons. The Kier molecular flexibility index (Phi) is 7.38. The van der Waals surface area contributed by atoms with Crippen molar-refractivity contribution in [2.24, 2.45) is 0 Å². The molecule has 1 unspecified atom stereocenters. The molecule has 0 saturated carbocycles. The first-order valence-corrected chi connectivity index (χ1v) is 11.5. The van der Waals surface area contributed by atoms with Crippen molar-refractivity contribution in [3.8, 4) is 6.07 Å². The average Bonchev–Trinajstić information content (AvgIpc) is 2.81. The van der Waals surface area contributed by atoms with Gasteiger partial charge in [-0.3, -0.25) is 9.69 Å². The molecular weight excluding hydrogens is 366 g/mol. The lowest BCUT2D eigenvalue weighted by atomic mass is 10.1. The maximum atomic E-state index is 12.6. The first-order valence-electron chi connectivity index (χ1n) is 9.50. The molecule has 0 spiro atoms. The van der Waals surface area contributed by atoms with Gasteiger partial charge in [-0.15, -0.1) is 11.3 Å². The Balaban J connectivity index is 1.68. The largest absolute Gasteiger partial charge is 0.395 e. The highest BCUT2D eigenvalue weighted by Crippen LogP contribution is 2.37. The van der Waals surface area contributed by atoms with E-state index in [-0.39, 0.29) is 19.1 Å². The third-order valence-electron chi connectivity index (χ3n) is 5.17. The van der Waals surface area contributed by atoms with Crippen molar-refractivity contribution in [3.63, 3.8) is 0 Å². The van der Waals surface area contributed by atoms with E-state index in [0.29, 0.717) is 23.2 Å². The van der Waals surface area contributed by atoms with Crippen molar-refractivity contribution in [2.45, 2.75) is 51.0 Å². The first kappa shape index (κ1) is 19.7. The molecule has 2 N–H and O–H groups in total. The third-order valence-corrected chi connectivity index (χ3v) is 7.58. The Bertz CT molecular complexity index is 662. The lowest BCUT2D eigenvalue weighted by Gasteiger charge is -2.33. The topological polar surface area (TPSA) is 76.4 Å². The van der Waals surface area contributed by atoms with E-state index in [0.717, 1.165) is 49.8 Å². The summed E-state index contributed by atoms with van der Waals surface area (Å²) in [6.07, 6.45) is 7.70. The van der Waals surface area contributed by atoms with Gasteiger partial charge >= 0.3 is 0 Å². The minimum atomic E-state index is -0.0815. The zero-order chi connectivity index (χ0) is 18.4. The van der Waals surface area contributed by atoms with Gasteiger partial charge in [0.15, 0.2) is 0 Å². The van der Waals surface area contributed by atoms with Crippen LogP contribution in [0.25, 0.3) is 0 Å². The fourth-order valence-electron chi connectivity index (χ4n) is 3.83. The van der Waals surface area contributed by atoms with Crippen LogP contribution in [0.2, 0.25) is 0 Å². The van der Waals surface area contributed by atoms with Crippen LogP contribution in [0.3, 0.4) is 0 Å². The van der Waals surface area contributed by atoms with Gasteiger partial charge in [-0.2, -0.15) is 17.0 Å². The van der Waals surface area contributed by atoms with Crippen molar-refractivity contribution in [1.29, 1.82) is 5.26 Å². The lowest BCUT2D eigenvalue weighted by molar-refractivity contribution is -0.117. The molecule has 1 aliphatic carbocycles. The Hall–Kier alpha value is -1.07. The smallest absolute Gasteiger partial charge is 0.239 e. The summed E-state index contributed by atoms with van der Waals surface area (Å²) in [7, 11) is 0. The van der Waals surface area contributed by atoms with Crippen molar-refractivity contribution in [2.75, 3.05) is 36.5 Å². The number of aryl methyl sites for hydroxylation is 1. The van der Waals surface area contributed by atoms with E-state index in [9.17, 15) is 15.2 Å². The monoisotopic (exact) mass is 393 g/mol. The lowest BCUT2D eigenvalue weighted by Crippen LogP contribution is -2.44. The average molecular weight is 394 g/mol. The number of aliphatic hydroxyl groups excluding tert-OH is 1. The minimum Gasteiger partial charge on any atom is -0.395 e. The van der Waals surface area contributed by atoms with E-state index in [2.05, 4.69) is 16.3 Å². The molecule has 1 amide bonds. The molecule has 1 aromatic heterocycles. The number of carbonyl (C=O) groups is 1.